The number of carbonyl (C=O) groups is 1. The molecule has 0 heterocycles. The zero-order chi connectivity index (χ0) is 21.6. The van der Waals surface area contributed by atoms with Gasteiger partial charge in [-0.25, -0.2) is 13.2 Å². The summed E-state index contributed by atoms with van der Waals surface area (Å²) in [7, 11) is -3.60. The first kappa shape index (κ1) is 21.2. The van der Waals surface area contributed by atoms with Crippen LogP contribution in [0.15, 0.2) is 77.7 Å². The number of ether oxygens (including phenoxy) is 2. The van der Waals surface area contributed by atoms with Gasteiger partial charge in [0.1, 0.15) is 36.0 Å². The molecule has 0 spiro atoms. The number of phenols is 1. The Labute approximate surface area is 174 Å². The van der Waals surface area contributed by atoms with Gasteiger partial charge in [0.15, 0.2) is 9.84 Å². The van der Waals surface area contributed by atoms with Crippen LogP contribution in [-0.2, 0) is 16.4 Å². The van der Waals surface area contributed by atoms with Gasteiger partial charge in [0.05, 0.1) is 10.6 Å². The monoisotopic (exact) mass is 428 g/mol. The Bertz CT molecular complexity index is 1110. The normalized spacial score (nSPS) is 11.1. The van der Waals surface area contributed by atoms with E-state index in [2.05, 4.69) is 0 Å². The summed E-state index contributed by atoms with van der Waals surface area (Å²) in [6.07, 6.45) is 0. The number of carboxylic acids is 1. The minimum absolute atomic E-state index is 0.134. The molecule has 3 aromatic carbocycles. The number of aromatic carboxylic acids is 1. The molecule has 0 saturated heterocycles. The van der Waals surface area contributed by atoms with Gasteiger partial charge < -0.3 is 19.7 Å². The van der Waals surface area contributed by atoms with Crippen LogP contribution in [-0.4, -0.2) is 37.0 Å². The SMILES string of the molecule is O=C(O)c1cc(OCCS(=O)(=O)c2ccc(OCc3ccccc3)cc2)ccc1O. The number of hydrogen-bond donors (Lipinski definition) is 2. The predicted octanol–water partition coefficient (Wildman–Crippen LogP) is 3.52. The number of rotatable bonds is 9. The average molecular weight is 428 g/mol. The van der Waals surface area contributed by atoms with Crippen molar-refractivity contribution in [1.29, 1.82) is 0 Å². The van der Waals surface area contributed by atoms with Gasteiger partial charge in [0.2, 0.25) is 0 Å². The van der Waals surface area contributed by atoms with Crippen LogP contribution in [0.1, 0.15) is 15.9 Å². The van der Waals surface area contributed by atoms with Gasteiger partial charge in [-0.15, -0.1) is 0 Å². The summed E-state index contributed by atoms with van der Waals surface area (Å²) in [4.78, 5) is 11.2. The summed E-state index contributed by atoms with van der Waals surface area (Å²) < 4.78 is 36.0. The van der Waals surface area contributed by atoms with E-state index in [0.717, 1.165) is 11.6 Å². The van der Waals surface area contributed by atoms with Crippen LogP contribution >= 0.6 is 0 Å². The molecule has 0 aliphatic heterocycles. The van der Waals surface area contributed by atoms with E-state index in [9.17, 15) is 18.3 Å². The highest BCUT2D eigenvalue weighted by atomic mass is 32.2. The van der Waals surface area contributed by atoms with Crippen molar-refractivity contribution in [2.45, 2.75) is 11.5 Å². The number of aromatic hydroxyl groups is 1. The van der Waals surface area contributed by atoms with Crippen molar-refractivity contribution in [3.05, 3.63) is 83.9 Å². The van der Waals surface area contributed by atoms with Crippen molar-refractivity contribution in [2.75, 3.05) is 12.4 Å². The Morgan fingerprint density at radius 3 is 2.20 bits per heavy atom. The Hall–Kier alpha value is -3.52. The Morgan fingerprint density at radius 1 is 0.867 bits per heavy atom. The molecule has 0 atom stereocenters. The van der Waals surface area contributed by atoms with E-state index in [4.69, 9.17) is 14.6 Å². The largest absolute Gasteiger partial charge is 0.507 e. The molecule has 0 amide bonds. The second kappa shape index (κ2) is 9.32. The summed E-state index contributed by atoms with van der Waals surface area (Å²) in [5.41, 5.74) is 0.688. The smallest absolute Gasteiger partial charge is 0.339 e. The second-order valence-corrected chi connectivity index (χ2v) is 8.51. The van der Waals surface area contributed by atoms with Crippen molar-refractivity contribution >= 4 is 15.8 Å². The summed E-state index contributed by atoms with van der Waals surface area (Å²) in [5.74, 6) is -1.28. The molecular weight excluding hydrogens is 408 g/mol. The van der Waals surface area contributed by atoms with E-state index in [1.807, 2.05) is 30.3 Å². The van der Waals surface area contributed by atoms with E-state index in [-0.39, 0.29) is 28.6 Å². The maximum atomic E-state index is 12.5. The fraction of sp³-hybridized carbons (Fsp3) is 0.136. The molecular formula is C22H20O7S. The van der Waals surface area contributed by atoms with E-state index < -0.39 is 21.6 Å². The van der Waals surface area contributed by atoms with Crippen LogP contribution in [0.4, 0.5) is 0 Å². The minimum atomic E-state index is -3.60. The van der Waals surface area contributed by atoms with Crippen molar-refractivity contribution in [2.24, 2.45) is 0 Å². The van der Waals surface area contributed by atoms with Crippen LogP contribution in [0.5, 0.6) is 17.2 Å². The Morgan fingerprint density at radius 2 is 1.53 bits per heavy atom. The molecule has 8 heteroatoms. The molecule has 0 unspecified atom stereocenters. The zero-order valence-corrected chi connectivity index (χ0v) is 16.7. The first-order chi connectivity index (χ1) is 14.3. The number of sulfone groups is 1. The molecule has 0 aliphatic carbocycles. The van der Waals surface area contributed by atoms with Crippen molar-refractivity contribution in [1.82, 2.24) is 0 Å². The molecule has 156 valence electrons. The van der Waals surface area contributed by atoms with Gasteiger partial charge in [-0.1, -0.05) is 30.3 Å². The maximum Gasteiger partial charge on any atom is 0.339 e. The minimum Gasteiger partial charge on any atom is -0.507 e. The van der Waals surface area contributed by atoms with Gasteiger partial charge in [0, 0.05) is 0 Å². The number of benzene rings is 3. The molecule has 2 N–H and O–H groups in total. The lowest BCUT2D eigenvalue weighted by atomic mass is 10.2. The van der Waals surface area contributed by atoms with Crippen molar-refractivity contribution < 1.29 is 32.9 Å². The van der Waals surface area contributed by atoms with Crippen LogP contribution < -0.4 is 9.47 Å². The van der Waals surface area contributed by atoms with E-state index in [0.29, 0.717) is 12.4 Å². The molecule has 3 aromatic rings. The molecule has 0 saturated carbocycles. The lowest BCUT2D eigenvalue weighted by molar-refractivity contribution is 0.0693. The van der Waals surface area contributed by atoms with Crippen LogP contribution in [0.25, 0.3) is 0 Å². The molecule has 30 heavy (non-hydrogen) atoms. The molecule has 0 bridgehead atoms. The highest BCUT2D eigenvalue weighted by Gasteiger charge is 2.16. The molecule has 7 nitrogen and oxygen atoms in total. The molecule has 0 radical (unpaired) electrons. The standard InChI is InChI=1S/C22H20O7S/c23-21-11-8-18(14-20(21)22(24)25)28-12-13-30(26,27)19-9-6-17(7-10-19)29-15-16-4-2-1-3-5-16/h1-11,14,23H,12-13,15H2,(H,24,25). The second-order valence-electron chi connectivity index (χ2n) is 6.40. The Balaban J connectivity index is 1.56. The lowest BCUT2D eigenvalue weighted by Crippen LogP contribution is -2.14. The third kappa shape index (κ3) is 5.51. The molecule has 3 rings (SSSR count). The third-order valence-electron chi connectivity index (χ3n) is 4.25. The summed E-state index contributed by atoms with van der Waals surface area (Å²) in [5, 5.41) is 18.5. The maximum absolute atomic E-state index is 12.5. The number of hydrogen-bond acceptors (Lipinski definition) is 6. The zero-order valence-electron chi connectivity index (χ0n) is 15.9. The fourth-order valence-electron chi connectivity index (χ4n) is 2.65. The van der Waals surface area contributed by atoms with E-state index >= 15 is 0 Å². The van der Waals surface area contributed by atoms with Crippen molar-refractivity contribution in [3.8, 4) is 17.2 Å². The molecule has 0 aromatic heterocycles. The third-order valence-corrected chi connectivity index (χ3v) is 5.94. The van der Waals surface area contributed by atoms with Gasteiger partial charge in [0.25, 0.3) is 0 Å². The lowest BCUT2D eigenvalue weighted by Gasteiger charge is -2.10. The van der Waals surface area contributed by atoms with Gasteiger partial charge in [-0.3, -0.25) is 0 Å². The predicted molar refractivity (Wildman–Crippen MR) is 110 cm³/mol. The van der Waals surface area contributed by atoms with Gasteiger partial charge >= 0.3 is 5.97 Å². The summed E-state index contributed by atoms with van der Waals surface area (Å²) >= 11 is 0. The first-order valence-electron chi connectivity index (χ1n) is 9.04. The Kier molecular flexibility index (Phi) is 6.58. The van der Waals surface area contributed by atoms with Gasteiger partial charge in [-0.2, -0.15) is 0 Å². The van der Waals surface area contributed by atoms with Crippen LogP contribution in [0, 0.1) is 0 Å². The number of carboxylic acid groups (broad SMARTS) is 1. The van der Waals surface area contributed by atoms with Gasteiger partial charge in [-0.05, 0) is 48.0 Å². The summed E-state index contributed by atoms with van der Waals surface area (Å²) in [6, 6.07) is 19.4. The van der Waals surface area contributed by atoms with E-state index in [1.54, 1.807) is 12.1 Å². The van der Waals surface area contributed by atoms with Crippen molar-refractivity contribution in [3.63, 3.8) is 0 Å². The van der Waals surface area contributed by atoms with E-state index in [1.165, 1.54) is 24.3 Å². The quantitative estimate of drug-likeness (QED) is 0.536. The summed E-state index contributed by atoms with van der Waals surface area (Å²) in [6.45, 7) is 0.212. The average Bonchev–Trinajstić information content (AvgIpc) is 2.74. The van der Waals surface area contributed by atoms with Crippen LogP contribution in [0.2, 0.25) is 0 Å². The first-order valence-corrected chi connectivity index (χ1v) is 10.7. The highest BCUT2D eigenvalue weighted by molar-refractivity contribution is 7.91. The molecule has 0 fully saturated rings. The van der Waals surface area contributed by atoms with Crippen LogP contribution in [0.3, 0.4) is 0 Å². The topological polar surface area (TPSA) is 110 Å². The molecule has 0 aliphatic rings. The highest BCUT2D eigenvalue weighted by Crippen LogP contribution is 2.23. The fourth-order valence-corrected chi connectivity index (χ4v) is 3.74.